The summed E-state index contributed by atoms with van der Waals surface area (Å²) in [6.45, 7) is 3.52. The number of methoxy groups -OCH3 is 1. The van der Waals surface area contributed by atoms with Gasteiger partial charge < -0.3 is 28.8 Å². The lowest BCUT2D eigenvalue weighted by Gasteiger charge is -2.21. The molecular weight excluding hydrogens is 416 g/mol. The van der Waals surface area contributed by atoms with Gasteiger partial charge in [-0.25, -0.2) is 0 Å². The Bertz CT molecular complexity index is 1150. The summed E-state index contributed by atoms with van der Waals surface area (Å²) in [5.41, 5.74) is -0.166. The Labute approximate surface area is 185 Å². The number of hydrogen-bond acceptors (Lipinski definition) is 8. The van der Waals surface area contributed by atoms with Gasteiger partial charge in [-0.15, -0.1) is 0 Å². The quantitative estimate of drug-likeness (QED) is 0.292. The number of carbonyl (C=O) groups excluding carboxylic acids is 1. The third-order valence-electron chi connectivity index (χ3n) is 5.06. The molecule has 0 bridgehead atoms. The van der Waals surface area contributed by atoms with E-state index in [1.165, 1.54) is 25.5 Å². The number of aromatic hydroxyl groups is 1. The van der Waals surface area contributed by atoms with Gasteiger partial charge in [-0.2, -0.15) is 0 Å². The molecule has 1 heterocycles. The van der Waals surface area contributed by atoms with Crippen LogP contribution < -0.4 is 14.9 Å². The Kier molecular flexibility index (Phi) is 7.17. The molecule has 170 valence electrons. The van der Waals surface area contributed by atoms with E-state index in [-0.39, 0.29) is 35.7 Å². The van der Waals surface area contributed by atoms with Crippen molar-refractivity contribution in [2.75, 3.05) is 20.5 Å². The zero-order valence-electron chi connectivity index (χ0n) is 18.2. The zero-order valence-corrected chi connectivity index (χ0v) is 18.2. The summed E-state index contributed by atoms with van der Waals surface area (Å²) in [6, 6.07) is 9.26. The van der Waals surface area contributed by atoms with E-state index in [0.717, 1.165) is 0 Å². The molecule has 0 radical (unpaired) electrons. The monoisotopic (exact) mass is 442 g/mol. The number of phenolic OH excluding ortho intramolecular Hbond substituents is 1. The van der Waals surface area contributed by atoms with Gasteiger partial charge in [-0.05, 0) is 44.4 Å². The molecule has 0 aliphatic carbocycles. The lowest BCUT2D eigenvalue weighted by atomic mass is 9.88. The molecular formula is C24H26O8. The summed E-state index contributed by atoms with van der Waals surface area (Å²) in [6.07, 6.45) is 2.31. The summed E-state index contributed by atoms with van der Waals surface area (Å²) in [7, 11) is 1.47. The fourth-order valence-corrected chi connectivity index (χ4v) is 3.19. The normalized spacial score (nSPS) is 11.5. The highest BCUT2D eigenvalue weighted by Gasteiger charge is 2.29. The van der Waals surface area contributed by atoms with Crippen LogP contribution in [0.5, 0.6) is 17.2 Å². The predicted octanol–water partition coefficient (Wildman–Crippen LogP) is 3.85. The van der Waals surface area contributed by atoms with Gasteiger partial charge in [0.25, 0.3) is 0 Å². The Balaban J connectivity index is 1.85. The summed E-state index contributed by atoms with van der Waals surface area (Å²) < 4.78 is 21.1. The zero-order chi connectivity index (χ0) is 23.3. The number of phenols is 1. The number of hydrogen-bond donors (Lipinski definition) is 2. The second-order valence-electron chi connectivity index (χ2n) is 7.97. The second-order valence-corrected chi connectivity index (χ2v) is 7.97. The minimum absolute atomic E-state index is 0.0107. The van der Waals surface area contributed by atoms with Gasteiger partial charge in [0.15, 0.2) is 6.79 Å². The molecule has 3 rings (SSSR count). The third kappa shape index (κ3) is 5.09. The van der Waals surface area contributed by atoms with Gasteiger partial charge in [0.1, 0.15) is 34.5 Å². The topological polar surface area (TPSA) is 115 Å². The minimum Gasteiger partial charge on any atom is -0.507 e. The highest BCUT2D eigenvalue weighted by Crippen LogP contribution is 2.31. The van der Waals surface area contributed by atoms with Gasteiger partial charge in [0.05, 0.1) is 11.0 Å². The molecule has 0 unspecified atom stereocenters. The van der Waals surface area contributed by atoms with Gasteiger partial charge in [0.2, 0.25) is 5.43 Å². The molecule has 0 atom stereocenters. The molecule has 8 nitrogen and oxygen atoms in total. The molecule has 0 saturated carbocycles. The lowest BCUT2D eigenvalue weighted by molar-refractivity contribution is -0.144. The number of aliphatic hydroxyl groups is 1. The second kappa shape index (κ2) is 9.84. The van der Waals surface area contributed by atoms with E-state index in [4.69, 9.17) is 23.7 Å². The Hall–Kier alpha value is -3.36. The molecule has 32 heavy (non-hydrogen) atoms. The van der Waals surface area contributed by atoms with Gasteiger partial charge in [-0.3, -0.25) is 9.59 Å². The molecule has 0 saturated heterocycles. The highest BCUT2D eigenvalue weighted by molar-refractivity contribution is 5.88. The predicted molar refractivity (Wildman–Crippen MR) is 118 cm³/mol. The van der Waals surface area contributed by atoms with Crippen molar-refractivity contribution in [3.8, 4) is 28.4 Å². The molecule has 2 aromatic carbocycles. The van der Waals surface area contributed by atoms with Crippen LogP contribution >= 0.6 is 0 Å². The van der Waals surface area contributed by atoms with E-state index < -0.39 is 16.8 Å². The molecule has 2 N–H and O–H groups in total. The number of rotatable bonds is 9. The maximum Gasteiger partial charge on any atom is 0.316 e. The standard InChI is InChI=1S/C24H26O8/c1-24(2,9-4-10-25)23(28)32-16-7-5-15(6-8-16)18-13-30-20-12-17(31-14-29-3)11-19(26)21(20)22(18)27/h5-8,11-13,25-26H,4,9-10,14H2,1-3H3. The number of carbonyl (C=O) groups is 1. The summed E-state index contributed by atoms with van der Waals surface area (Å²) in [4.78, 5) is 25.4. The molecule has 8 heteroatoms. The van der Waals surface area contributed by atoms with Crippen molar-refractivity contribution in [3.63, 3.8) is 0 Å². The average molecular weight is 442 g/mol. The Morgan fingerprint density at radius 3 is 2.50 bits per heavy atom. The first-order valence-electron chi connectivity index (χ1n) is 10.1. The minimum atomic E-state index is -0.732. The van der Waals surface area contributed by atoms with E-state index in [9.17, 15) is 14.7 Å². The number of aliphatic hydroxyl groups excluding tert-OH is 1. The van der Waals surface area contributed by atoms with Crippen LogP contribution in [0.3, 0.4) is 0 Å². The lowest BCUT2D eigenvalue weighted by Crippen LogP contribution is -2.29. The number of fused-ring (bicyclic) bond motifs is 1. The summed E-state index contributed by atoms with van der Waals surface area (Å²) in [5.74, 6) is -0.0233. The van der Waals surface area contributed by atoms with Gasteiger partial charge in [0, 0.05) is 25.8 Å². The van der Waals surface area contributed by atoms with Gasteiger partial charge >= 0.3 is 5.97 Å². The van der Waals surface area contributed by atoms with Crippen molar-refractivity contribution in [2.24, 2.45) is 5.41 Å². The molecule has 3 aromatic rings. The summed E-state index contributed by atoms with van der Waals surface area (Å²) in [5, 5.41) is 19.3. The number of esters is 1. The molecule has 0 amide bonds. The summed E-state index contributed by atoms with van der Waals surface area (Å²) >= 11 is 0. The Morgan fingerprint density at radius 1 is 1.12 bits per heavy atom. The molecule has 1 aromatic heterocycles. The van der Waals surface area contributed by atoms with Crippen molar-refractivity contribution in [1.29, 1.82) is 0 Å². The van der Waals surface area contributed by atoms with Crippen LogP contribution in [-0.2, 0) is 9.53 Å². The van der Waals surface area contributed by atoms with Crippen LogP contribution in [0.25, 0.3) is 22.1 Å². The van der Waals surface area contributed by atoms with E-state index in [0.29, 0.717) is 29.9 Å². The molecule has 0 aliphatic heterocycles. The van der Waals surface area contributed by atoms with E-state index in [1.807, 2.05) is 0 Å². The number of ether oxygens (including phenoxy) is 3. The molecule has 0 fully saturated rings. The van der Waals surface area contributed by atoms with Crippen LogP contribution in [0.15, 0.2) is 51.9 Å². The van der Waals surface area contributed by atoms with Crippen LogP contribution in [0, 0.1) is 5.41 Å². The van der Waals surface area contributed by atoms with E-state index in [1.54, 1.807) is 38.1 Å². The van der Waals surface area contributed by atoms with Crippen LogP contribution in [-0.4, -0.2) is 36.7 Å². The van der Waals surface area contributed by atoms with Crippen LogP contribution in [0.1, 0.15) is 26.7 Å². The fraction of sp³-hybridized carbons (Fsp3) is 0.333. The fourth-order valence-electron chi connectivity index (χ4n) is 3.19. The maximum atomic E-state index is 13.0. The molecule has 0 spiro atoms. The van der Waals surface area contributed by atoms with Crippen molar-refractivity contribution < 1.29 is 33.6 Å². The number of benzene rings is 2. The first-order valence-corrected chi connectivity index (χ1v) is 10.1. The smallest absolute Gasteiger partial charge is 0.316 e. The largest absolute Gasteiger partial charge is 0.507 e. The van der Waals surface area contributed by atoms with Crippen LogP contribution in [0.2, 0.25) is 0 Å². The molecule has 0 aliphatic rings. The van der Waals surface area contributed by atoms with E-state index >= 15 is 0 Å². The maximum absolute atomic E-state index is 13.0. The SMILES string of the molecule is COCOc1cc(O)c2c(=O)c(-c3ccc(OC(=O)C(C)(C)CCCO)cc3)coc2c1. The Morgan fingerprint density at radius 2 is 1.84 bits per heavy atom. The van der Waals surface area contributed by atoms with Crippen molar-refractivity contribution in [2.45, 2.75) is 26.7 Å². The van der Waals surface area contributed by atoms with Gasteiger partial charge in [-0.1, -0.05) is 12.1 Å². The van der Waals surface area contributed by atoms with Crippen molar-refractivity contribution >= 4 is 16.9 Å². The van der Waals surface area contributed by atoms with Crippen molar-refractivity contribution in [1.82, 2.24) is 0 Å². The highest BCUT2D eigenvalue weighted by atomic mass is 16.7. The first kappa shape index (κ1) is 23.3. The first-order chi connectivity index (χ1) is 15.3. The van der Waals surface area contributed by atoms with E-state index in [2.05, 4.69) is 0 Å². The van der Waals surface area contributed by atoms with Crippen LogP contribution in [0.4, 0.5) is 0 Å². The third-order valence-corrected chi connectivity index (χ3v) is 5.06. The van der Waals surface area contributed by atoms with Crippen molar-refractivity contribution in [3.05, 3.63) is 52.9 Å². The average Bonchev–Trinajstić information content (AvgIpc) is 2.77.